The van der Waals surface area contributed by atoms with Crippen LogP contribution in [-0.2, 0) is 20.1 Å². The van der Waals surface area contributed by atoms with Gasteiger partial charge in [0.15, 0.2) is 11.2 Å². The molecule has 0 aliphatic carbocycles. The minimum atomic E-state index is -0.332. The van der Waals surface area contributed by atoms with E-state index in [0.29, 0.717) is 36.7 Å². The SMILES string of the molecule is COc1ccccc1N1CCn2c1nc1c2c(=O)n(CC(C)C)c(=O)n1C. The lowest BCUT2D eigenvalue weighted by molar-refractivity contribution is 0.415. The van der Waals surface area contributed by atoms with E-state index in [1.54, 1.807) is 14.2 Å². The summed E-state index contributed by atoms with van der Waals surface area (Å²) in [5, 5.41) is 0. The van der Waals surface area contributed by atoms with Gasteiger partial charge in [-0.3, -0.25) is 13.9 Å². The Kier molecular flexibility index (Phi) is 4.05. The monoisotopic (exact) mass is 369 g/mol. The zero-order valence-corrected chi connectivity index (χ0v) is 16.0. The molecule has 8 heteroatoms. The molecule has 0 N–H and O–H groups in total. The van der Waals surface area contributed by atoms with Gasteiger partial charge in [-0.25, -0.2) is 4.79 Å². The lowest BCUT2D eigenvalue weighted by Gasteiger charge is -2.18. The second-order valence-electron chi connectivity index (χ2n) is 7.21. The van der Waals surface area contributed by atoms with Crippen molar-refractivity contribution in [3.63, 3.8) is 0 Å². The van der Waals surface area contributed by atoms with E-state index in [2.05, 4.69) is 4.98 Å². The highest BCUT2D eigenvalue weighted by Crippen LogP contribution is 2.36. The molecule has 0 atom stereocenters. The molecule has 0 amide bonds. The van der Waals surface area contributed by atoms with Crippen molar-refractivity contribution in [3.05, 3.63) is 45.1 Å². The molecule has 3 aromatic rings. The van der Waals surface area contributed by atoms with Gasteiger partial charge in [-0.1, -0.05) is 26.0 Å². The van der Waals surface area contributed by atoms with Gasteiger partial charge >= 0.3 is 5.69 Å². The summed E-state index contributed by atoms with van der Waals surface area (Å²) < 4.78 is 10.2. The van der Waals surface area contributed by atoms with Gasteiger partial charge in [-0.15, -0.1) is 0 Å². The molecule has 1 aromatic carbocycles. The number of para-hydroxylation sites is 2. The van der Waals surface area contributed by atoms with Crippen molar-refractivity contribution in [3.8, 4) is 5.75 Å². The standard InChI is InChI=1S/C19H23N5O3/c1-12(2)11-24-17(25)15-16(21(3)19(24)26)20-18-22(9-10-23(15)18)13-7-5-6-8-14(13)27-4/h5-8,12H,9-11H2,1-4H3. The first-order chi connectivity index (χ1) is 12.9. The molecule has 1 aliphatic heterocycles. The number of fused-ring (bicyclic) bond motifs is 3. The number of anilines is 2. The normalized spacial score (nSPS) is 13.6. The lowest BCUT2D eigenvalue weighted by atomic mass is 10.2. The van der Waals surface area contributed by atoms with Crippen LogP contribution < -0.4 is 20.9 Å². The van der Waals surface area contributed by atoms with Crippen LogP contribution in [-0.4, -0.2) is 32.3 Å². The number of aromatic nitrogens is 4. The first kappa shape index (κ1) is 17.4. The Morgan fingerprint density at radius 1 is 1.19 bits per heavy atom. The molecule has 142 valence electrons. The number of hydrogen-bond acceptors (Lipinski definition) is 5. The number of methoxy groups -OCH3 is 1. The number of nitrogens with zero attached hydrogens (tertiary/aromatic N) is 5. The van der Waals surface area contributed by atoms with Crippen LogP contribution in [0.15, 0.2) is 33.9 Å². The van der Waals surface area contributed by atoms with Crippen LogP contribution in [0.25, 0.3) is 11.2 Å². The Balaban J connectivity index is 1.96. The number of ether oxygens (including phenoxy) is 1. The van der Waals surface area contributed by atoms with Crippen molar-refractivity contribution >= 4 is 22.8 Å². The third kappa shape index (κ3) is 2.55. The third-order valence-electron chi connectivity index (χ3n) is 4.92. The number of rotatable bonds is 4. The fourth-order valence-electron chi connectivity index (χ4n) is 3.69. The second-order valence-corrected chi connectivity index (χ2v) is 7.21. The first-order valence-corrected chi connectivity index (χ1v) is 9.04. The van der Waals surface area contributed by atoms with Crippen molar-refractivity contribution in [2.75, 3.05) is 18.6 Å². The highest BCUT2D eigenvalue weighted by atomic mass is 16.5. The van der Waals surface area contributed by atoms with Crippen LogP contribution >= 0.6 is 0 Å². The van der Waals surface area contributed by atoms with Gasteiger partial charge in [-0.2, -0.15) is 4.98 Å². The Labute approximate surface area is 156 Å². The van der Waals surface area contributed by atoms with Crippen LogP contribution in [0.5, 0.6) is 5.75 Å². The van der Waals surface area contributed by atoms with Gasteiger partial charge in [-0.05, 0) is 18.1 Å². The summed E-state index contributed by atoms with van der Waals surface area (Å²) in [6.45, 7) is 5.67. The molecule has 0 saturated heterocycles. The maximum absolute atomic E-state index is 13.1. The minimum Gasteiger partial charge on any atom is -0.495 e. The molecule has 0 fully saturated rings. The quantitative estimate of drug-likeness (QED) is 0.700. The number of imidazole rings is 1. The van der Waals surface area contributed by atoms with E-state index in [1.807, 2.05) is 47.6 Å². The summed E-state index contributed by atoms with van der Waals surface area (Å²) in [5.41, 5.74) is 1.18. The van der Waals surface area contributed by atoms with Gasteiger partial charge in [0.25, 0.3) is 5.56 Å². The van der Waals surface area contributed by atoms with Gasteiger partial charge in [0, 0.05) is 26.7 Å². The van der Waals surface area contributed by atoms with E-state index in [4.69, 9.17) is 4.74 Å². The Hall–Kier alpha value is -3.03. The average Bonchev–Trinajstić information content (AvgIpc) is 3.22. The molecular weight excluding hydrogens is 346 g/mol. The smallest absolute Gasteiger partial charge is 0.332 e. The molecule has 0 unspecified atom stereocenters. The summed E-state index contributed by atoms with van der Waals surface area (Å²) in [6, 6.07) is 7.71. The number of benzene rings is 1. The predicted molar refractivity (Wildman–Crippen MR) is 104 cm³/mol. The molecule has 3 heterocycles. The molecule has 4 rings (SSSR count). The lowest BCUT2D eigenvalue weighted by Crippen LogP contribution is -2.40. The highest BCUT2D eigenvalue weighted by Gasteiger charge is 2.30. The molecule has 0 spiro atoms. The molecule has 0 radical (unpaired) electrons. The molecular formula is C19H23N5O3. The zero-order chi connectivity index (χ0) is 19.3. The van der Waals surface area contributed by atoms with Crippen molar-refractivity contribution < 1.29 is 4.74 Å². The molecule has 1 aliphatic rings. The van der Waals surface area contributed by atoms with Crippen LogP contribution in [0.3, 0.4) is 0 Å². The van der Waals surface area contributed by atoms with Crippen molar-refractivity contribution in [1.29, 1.82) is 0 Å². The first-order valence-electron chi connectivity index (χ1n) is 9.04. The second kappa shape index (κ2) is 6.29. The summed E-state index contributed by atoms with van der Waals surface area (Å²) in [7, 11) is 3.29. The summed E-state index contributed by atoms with van der Waals surface area (Å²) in [6.07, 6.45) is 0. The van der Waals surface area contributed by atoms with Crippen LogP contribution in [0.2, 0.25) is 0 Å². The maximum atomic E-state index is 13.1. The van der Waals surface area contributed by atoms with E-state index >= 15 is 0 Å². The fourth-order valence-corrected chi connectivity index (χ4v) is 3.69. The Morgan fingerprint density at radius 3 is 2.63 bits per heavy atom. The molecule has 0 saturated carbocycles. The molecule has 0 bridgehead atoms. The minimum absolute atomic E-state index is 0.193. The topological polar surface area (TPSA) is 74.3 Å². The zero-order valence-electron chi connectivity index (χ0n) is 16.0. The Bertz CT molecular complexity index is 1140. The summed E-state index contributed by atoms with van der Waals surface area (Å²) >= 11 is 0. The molecule has 27 heavy (non-hydrogen) atoms. The third-order valence-corrected chi connectivity index (χ3v) is 4.92. The summed E-state index contributed by atoms with van der Waals surface area (Å²) in [5.74, 6) is 1.59. The largest absolute Gasteiger partial charge is 0.495 e. The van der Waals surface area contributed by atoms with E-state index in [0.717, 1.165) is 11.4 Å². The van der Waals surface area contributed by atoms with Gasteiger partial charge in [0.1, 0.15) is 5.75 Å². The number of hydrogen-bond donors (Lipinski definition) is 0. The molecule has 2 aromatic heterocycles. The van der Waals surface area contributed by atoms with Gasteiger partial charge in [0.2, 0.25) is 5.95 Å². The van der Waals surface area contributed by atoms with Crippen molar-refractivity contribution in [1.82, 2.24) is 18.7 Å². The van der Waals surface area contributed by atoms with E-state index in [-0.39, 0.29) is 17.2 Å². The average molecular weight is 369 g/mol. The predicted octanol–water partition coefficient (Wildman–Crippen LogP) is 1.71. The van der Waals surface area contributed by atoms with Crippen LogP contribution in [0.4, 0.5) is 11.6 Å². The summed E-state index contributed by atoms with van der Waals surface area (Å²) in [4.78, 5) is 32.4. The molecule has 8 nitrogen and oxygen atoms in total. The van der Waals surface area contributed by atoms with E-state index < -0.39 is 0 Å². The Morgan fingerprint density at radius 2 is 1.93 bits per heavy atom. The van der Waals surface area contributed by atoms with Crippen LogP contribution in [0, 0.1) is 5.92 Å². The van der Waals surface area contributed by atoms with Gasteiger partial charge in [0.05, 0.1) is 12.8 Å². The van der Waals surface area contributed by atoms with Crippen molar-refractivity contribution in [2.24, 2.45) is 13.0 Å². The fraction of sp³-hybridized carbons (Fsp3) is 0.421. The highest BCUT2D eigenvalue weighted by molar-refractivity contribution is 5.79. The number of aryl methyl sites for hydroxylation is 1. The van der Waals surface area contributed by atoms with Gasteiger partial charge < -0.3 is 14.2 Å². The van der Waals surface area contributed by atoms with E-state index in [1.165, 1.54) is 9.13 Å². The van der Waals surface area contributed by atoms with Crippen LogP contribution in [0.1, 0.15) is 13.8 Å². The maximum Gasteiger partial charge on any atom is 0.332 e. The van der Waals surface area contributed by atoms with Crippen molar-refractivity contribution in [2.45, 2.75) is 26.9 Å². The van der Waals surface area contributed by atoms with E-state index in [9.17, 15) is 9.59 Å².